The topological polar surface area (TPSA) is 22.0 Å². The Balaban J connectivity index is 2.49. The number of hydrogen-bond donors (Lipinski definition) is 0. The molecule has 2 nitrogen and oxygen atoms in total. The van der Waals surface area contributed by atoms with E-state index in [1.165, 1.54) is 0 Å². The molecule has 0 N–H and O–H groups in total. The Morgan fingerprint density at radius 2 is 2.13 bits per heavy atom. The van der Waals surface area contributed by atoms with E-state index in [1.54, 1.807) is 6.07 Å². The van der Waals surface area contributed by atoms with Gasteiger partial charge in [-0.1, -0.05) is 15.9 Å². The molecule has 0 saturated carbocycles. The highest BCUT2D eigenvalue weighted by molar-refractivity contribution is 9.10. The molecule has 0 atom stereocenters. The highest BCUT2D eigenvalue weighted by Crippen LogP contribution is 2.19. The van der Waals surface area contributed by atoms with E-state index in [-0.39, 0.29) is 0 Å². The maximum atomic E-state index is 10.6. The highest BCUT2D eigenvalue weighted by atomic mass is 79.9. The predicted octanol–water partition coefficient (Wildman–Crippen LogP) is 3.36. The normalized spacial score (nSPS) is 10.3. The first kappa shape index (κ1) is 10.2. The second-order valence-electron chi connectivity index (χ2n) is 3.40. The molecule has 0 aliphatic rings. The lowest BCUT2D eigenvalue weighted by Crippen LogP contribution is -1.93. The summed E-state index contributed by atoms with van der Waals surface area (Å²) in [6, 6.07) is 7.86. The summed E-state index contributed by atoms with van der Waals surface area (Å²) in [7, 11) is 0. The highest BCUT2D eigenvalue weighted by Gasteiger charge is 2.02. The fourth-order valence-corrected chi connectivity index (χ4v) is 2.02. The van der Waals surface area contributed by atoms with Gasteiger partial charge in [-0.05, 0) is 36.8 Å². The molecular formula is C12H10BrNO. The van der Waals surface area contributed by atoms with Crippen LogP contribution in [0.2, 0.25) is 0 Å². The van der Waals surface area contributed by atoms with Crippen LogP contribution < -0.4 is 0 Å². The van der Waals surface area contributed by atoms with Gasteiger partial charge in [0.2, 0.25) is 0 Å². The summed E-state index contributed by atoms with van der Waals surface area (Å²) in [4.78, 5) is 10.6. The van der Waals surface area contributed by atoms with Gasteiger partial charge < -0.3 is 4.57 Å². The van der Waals surface area contributed by atoms with Crippen molar-refractivity contribution < 1.29 is 4.79 Å². The summed E-state index contributed by atoms with van der Waals surface area (Å²) < 4.78 is 3.01. The van der Waals surface area contributed by atoms with E-state index < -0.39 is 0 Å². The van der Waals surface area contributed by atoms with Gasteiger partial charge in [-0.15, -0.1) is 0 Å². The van der Waals surface area contributed by atoms with Gasteiger partial charge in [0.25, 0.3) is 0 Å². The second-order valence-corrected chi connectivity index (χ2v) is 4.32. The Hall–Kier alpha value is -1.35. The predicted molar refractivity (Wildman–Crippen MR) is 63.6 cm³/mol. The molecule has 1 heterocycles. The largest absolute Gasteiger partial charge is 0.323 e. The summed E-state index contributed by atoms with van der Waals surface area (Å²) in [5, 5.41) is 0. The number of aldehydes is 1. The van der Waals surface area contributed by atoms with Gasteiger partial charge in [-0.3, -0.25) is 4.79 Å². The van der Waals surface area contributed by atoms with Crippen molar-refractivity contribution in [2.45, 2.75) is 6.92 Å². The Kier molecular flexibility index (Phi) is 2.73. The monoisotopic (exact) mass is 263 g/mol. The van der Waals surface area contributed by atoms with Crippen LogP contribution in [0.3, 0.4) is 0 Å². The lowest BCUT2D eigenvalue weighted by Gasteiger charge is -2.07. The van der Waals surface area contributed by atoms with Gasteiger partial charge in [0.1, 0.15) is 0 Å². The molecule has 0 fully saturated rings. The first-order chi connectivity index (χ1) is 7.20. The summed E-state index contributed by atoms with van der Waals surface area (Å²) in [6.07, 6.45) is 4.56. The van der Waals surface area contributed by atoms with Gasteiger partial charge in [0.15, 0.2) is 6.29 Å². The number of rotatable bonds is 2. The molecule has 0 aliphatic carbocycles. The van der Waals surface area contributed by atoms with Crippen LogP contribution >= 0.6 is 15.9 Å². The molecule has 1 aromatic heterocycles. The quantitative estimate of drug-likeness (QED) is 0.762. The average molecular weight is 264 g/mol. The Labute approximate surface area is 96.7 Å². The fraction of sp³-hybridized carbons (Fsp3) is 0.0833. The molecule has 0 bridgehead atoms. The zero-order valence-electron chi connectivity index (χ0n) is 8.27. The van der Waals surface area contributed by atoms with Crippen molar-refractivity contribution in [2.24, 2.45) is 0 Å². The van der Waals surface area contributed by atoms with E-state index >= 15 is 0 Å². The number of benzene rings is 1. The van der Waals surface area contributed by atoms with E-state index in [4.69, 9.17) is 0 Å². The third-order valence-electron chi connectivity index (χ3n) is 2.29. The number of aryl methyl sites for hydroxylation is 1. The van der Waals surface area contributed by atoms with Gasteiger partial charge in [0.05, 0.1) is 0 Å². The minimum absolute atomic E-state index is 0.692. The minimum atomic E-state index is 0.692. The molecule has 0 saturated heterocycles. The van der Waals surface area contributed by atoms with E-state index in [9.17, 15) is 4.79 Å². The first-order valence-electron chi connectivity index (χ1n) is 4.60. The number of hydrogen-bond acceptors (Lipinski definition) is 1. The molecule has 0 radical (unpaired) electrons. The van der Waals surface area contributed by atoms with Gasteiger partial charge in [-0.25, -0.2) is 0 Å². The third-order valence-corrected chi connectivity index (χ3v) is 2.78. The van der Waals surface area contributed by atoms with Crippen molar-refractivity contribution in [1.82, 2.24) is 4.57 Å². The maximum absolute atomic E-state index is 10.6. The molecular weight excluding hydrogens is 254 g/mol. The van der Waals surface area contributed by atoms with Gasteiger partial charge in [0, 0.05) is 28.1 Å². The summed E-state index contributed by atoms with van der Waals surface area (Å²) in [5.74, 6) is 0. The smallest absolute Gasteiger partial charge is 0.151 e. The summed E-state index contributed by atoms with van der Waals surface area (Å²) >= 11 is 3.42. The number of carbonyl (C=O) groups excluding carboxylic acids is 1. The van der Waals surface area contributed by atoms with E-state index in [2.05, 4.69) is 22.0 Å². The van der Waals surface area contributed by atoms with Crippen LogP contribution in [0.1, 0.15) is 15.9 Å². The lowest BCUT2D eigenvalue weighted by atomic mass is 10.2. The van der Waals surface area contributed by atoms with Crippen LogP contribution in [0.4, 0.5) is 0 Å². The molecule has 0 aliphatic heterocycles. The number of aromatic nitrogens is 1. The zero-order chi connectivity index (χ0) is 10.8. The van der Waals surface area contributed by atoms with Crippen LogP contribution in [-0.4, -0.2) is 10.9 Å². The second kappa shape index (κ2) is 4.03. The van der Waals surface area contributed by atoms with E-state index in [1.807, 2.05) is 36.0 Å². The van der Waals surface area contributed by atoms with E-state index in [0.717, 1.165) is 22.0 Å². The maximum Gasteiger partial charge on any atom is 0.151 e. The molecule has 3 heteroatoms. The summed E-state index contributed by atoms with van der Waals surface area (Å²) in [5.41, 5.74) is 2.95. The van der Waals surface area contributed by atoms with Crippen molar-refractivity contribution in [3.63, 3.8) is 0 Å². The van der Waals surface area contributed by atoms with Crippen molar-refractivity contribution in [1.29, 1.82) is 0 Å². The standard InChI is InChI=1S/C12H10BrNO/c1-9-6-11(13)2-3-12(9)14-5-4-10(7-14)8-15/h2-8H,1H3. The average Bonchev–Trinajstić information content (AvgIpc) is 2.66. The molecule has 0 spiro atoms. The van der Waals surface area contributed by atoms with Crippen molar-refractivity contribution in [3.05, 3.63) is 52.3 Å². The van der Waals surface area contributed by atoms with E-state index in [0.29, 0.717) is 5.56 Å². The minimum Gasteiger partial charge on any atom is -0.323 e. The molecule has 2 rings (SSSR count). The number of halogens is 1. The van der Waals surface area contributed by atoms with Crippen LogP contribution in [0, 0.1) is 6.92 Å². The number of carbonyl (C=O) groups is 1. The van der Waals surface area contributed by atoms with Crippen LogP contribution in [0.25, 0.3) is 5.69 Å². The summed E-state index contributed by atoms with van der Waals surface area (Å²) in [6.45, 7) is 2.04. The Morgan fingerprint density at radius 3 is 2.73 bits per heavy atom. The van der Waals surface area contributed by atoms with Crippen LogP contribution in [0.15, 0.2) is 41.1 Å². The fourth-order valence-electron chi connectivity index (χ4n) is 1.54. The Morgan fingerprint density at radius 1 is 1.33 bits per heavy atom. The third kappa shape index (κ3) is 2.02. The van der Waals surface area contributed by atoms with Gasteiger partial charge >= 0.3 is 0 Å². The van der Waals surface area contributed by atoms with Crippen molar-refractivity contribution >= 4 is 22.2 Å². The Bertz CT molecular complexity index is 502. The molecule has 76 valence electrons. The van der Waals surface area contributed by atoms with Crippen LogP contribution in [0.5, 0.6) is 0 Å². The zero-order valence-corrected chi connectivity index (χ0v) is 9.86. The molecule has 1 aromatic carbocycles. The lowest BCUT2D eigenvalue weighted by molar-refractivity contribution is 0.112. The van der Waals surface area contributed by atoms with Crippen molar-refractivity contribution in [3.8, 4) is 5.69 Å². The molecule has 2 aromatic rings. The SMILES string of the molecule is Cc1cc(Br)ccc1-n1ccc(C=O)c1. The number of nitrogens with zero attached hydrogens (tertiary/aromatic N) is 1. The van der Waals surface area contributed by atoms with Crippen molar-refractivity contribution in [2.75, 3.05) is 0 Å². The molecule has 0 amide bonds. The van der Waals surface area contributed by atoms with Crippen LogP contribution in [-0.2, 0) is 0 Å². The first-order valence-corrected chi connectivity index (χ1v) is 5.40. The van der Waals surface area contributed by atoms with Gasteiger partial charge in [-0.2, -0.15) is 0 Å². The molecule has 15 heavy (non-hydrogen) atoms. The molecule has 0 unspecified atom stereocenters.